The molecular weight excluding hydrogens is 354 g/mol. The molecule has 0 fully saturated rings. The second-order valence-corrected chi connectivity index (χ2v) is 6.03. The van der Waals surface area contributed by atoms with Crippen LogP contribution < -0.4 is 21.0 Å². The van der Waals surface area contributed by atoms with E-state index in [1.165, 1.54) is 6.21 Å². The molecule has 26 heavy (non-hydrogen) atoms. The molecule has 0 aliphatic carbocycles. The number of carbonyl (C=O) groups is 2. The van der Waals surface area contributed by atoms with Crippen LogP contribution in [0.2, 0.25) is 5.02 Å². The van der Waals surface area contributed by atoms with Gasteiger partial charge in [-0.1, -0.05) is 29.8 Å². The van der Waals surface area contributed by atoms with Gasteiger partial charge in [0.2, 0.25) is 0 Å². The Morgan fingerprint density at radius 2 is 1.88 bits per heavy atom. The minimum Gasteiger partial charge on any atom is -0.378 e. The van der Waals surface area contributed by atoms with Crippen molar-refractivity contribution in [2.75, 3.05) is 30.9 Å². The fourth-order valence-corrected chi connectivity index (χ4v) is 2.17. The summed E-state index contributed by atoms with van der Waals surface area (Å²) in [6.45, 7) is -0.205. The van der Waals surface area contributed by atoms with E-state index >= 15 is 0 Å². The second kappa shape index (κ2) is 9.43. The number of benzene rings is 2. The maximum absolute atomic E-state index is 11.7. The molecule has 2 aromatic carbocycles. The molecule has 0 bridgehead atoms. The van der Waals surface area contributed by atoms with Gasteiger partial charge in [-0.2, -0.15) is 5.10 Å². The summed E-state index contributed by atoms with van der Waals surface area (Å²) in [5.74, 6) is -0.438. The molecule has 0 radical (unpaired) electrons. The molecule has 0 atom stereocenters. The molecule has 3 amide bonds. The zero-order chi connectivity index (χ0) is 18.9. The van der Waals surface area contributed by atoms with Crippen molar-refractivity contribution in [3.8, 4) is 0 Å². The number of anilines is 2. The van der Waals surface area contributed by atoms with Crippen LogP contribution in [0.4, 0.5) is 16.2 Å². The van der Waals surface area contributed by atoms with E-state index in [9.17, 15) is 9.59 Å². The summed E-state index contributed by atoms with van der Waals surface area (Å²) in [6.07, 6.45) is 1.53. The van der Waals surface area contributed by atoms with Crippen LogP contribution in [-0.2, 0) is 4.79 Å². The summed E-state index contributed by atoms with van der Waals surface area (Å²) >= 11 is 5.83. The van der Waals surface area contributed by atoms with Gasteiger partial charge in [-0.05, 0) is 35.9 Å². The molecule has 0 saturated heterocycles. The molecule has 0 heterocycles. The van der Waals surface area contributed by atoms with Gasteiger partial charge in [0.15, 0.2) is 0 Å². The summed E-state index contributed by atoms with van der Waals surface area (Å²) in [5, 5.41) is 9.38. The highest BCUT2D eigenvalue weighted by Crippen LogP contribution is 2.14. The number of carbonyl (C=O) groups excluding carboxylic acids is 2. The lowest BCUT2D eigenvalue weighted by Gasteiger charge is -2.11. The quantitative estimate of drug-likeness (QED) is 0.537. The third-order valence-corrected chi connectivity index (χ3v) is 3.54. The van der Waals surface area contributed by atoms with Crippen LogP contribution in [0.1, 0.15) is 5.56 Å². The number of rotatable bonds is 6. The Kier molecular flexibility index (Phi) is 6.99. The third kappa shape index (κ3) is 6.45. The van der Waals surface area contributed by atoms with Gasteiger partial charge in [0, 0.05) is 30.5 Å². The molecule has 7 nitrogen and oxygen atoms in total. The molecule has 0 spiro atoms. The number of hydrazone groups is 1. The number of halogens is 1. The molecule has 3 N–H and O–H groups in total. The first-order chi connectivity index (χ1) is 12.4. The lowest BCUT2D eigenvalue weighted by atomic mass is 10.2. The van der Waals surface area contributed by atoms with Gasteiger partial charge in [0.05, 0.1) is 6.21 Å². The van der Waals surface area contributed by atoms with Crippen LogP contribution >= 0.6 is 11.6 Å². The van der Waals surface area contributed by atoms with Crippen LogP contribution in [-0.4, -0.2) is 38.8 Å². The standard InChI is InChI=1S/C18H20ClN5O2/c1-24(2)16-8-6-13(7-9-16)11-21-23-17(25)12-20-18(26)22-15-5-3-4-14(19)10-15/h3-11H,12H2,1-2H3,(H,23,25)(H2,20,22,26). The van der Waals surface area contributed by atoms with Gasteiger partial charge in [-0.3, -0.25) is 4.79 Å². The summed E-state index contributed by atoms with van der Waals surface area (Å²) < 4.78 is 0. The SMILES string of the molecule is CN(C)c1ccc(C=NNC(=O)CNC(=O)Nc2cccc(Cl)c2)cc1. The summed E-state index contributed by atoms with van der Waals surface area (Å²) in [4.78, 5) is 25.4. The molecule has 2 aromatic rings. The van der Waals surface area contributed by atoms with Crippen LogP contribution in [0.5, 0.6) is 0 Å². The Morgan fingerprint density at radius 1 is 1.15 bits per heavy atom. The molecule has 0 aliphatic heterocycles. The smallest absolute Gasteiger partial charge is 0.319 e. The number of amides is 3. The maximum Gasteiger partial charge on any atom is 0.319 e. The summed E-state index contributed by atoms with van der Waals surface area (Å²) in [6, 6.07) is 13.9. The summed E-state index contributed by atoms with van der Waals surface area (Å²) in [7, 11) is 3.91. The zero-order valence-electron chi connectivity index (χ0n) is 14.5. The molecule has 136 valence electrons. The van der Waals surface area contributed by atoms with E-state index in [0.717, 1.165) is 11.3 Å². The first-order valence-electron chi connectivity index (χ1n) is 7.84. The molecule has 0 unspecified atom stereocenters. The van der Waals surface area contributed by atoms with Crippen molar-refractivity contribution >= 4 is 41.1 Å². The number of hydrogen-bond donors (Lipinski definition) is 3. The van der Waals surface area contributed by atoms with Gasteiger partial charge < -0.3 is 15.5 Å². The average molecular weight is 374 g/mol. The van der Waals surface area contributed by atoms with Crippen molar-refractivity contribution in [2.45, 2.75) is 0 Å². The minimum atomic E-state index is -0.509. The largest absolute Gasteiger partial charge is 0.378 e. The van der Waals surface area contributed by atoms with Crippen molar-refractivity contribution in [2.24, 2.45) is 5.10 Å². The monoisotopic (exact) mass is 373 g/mol. The van der Waals surface area contributed by atoms with Gasteiger partial charge >= 0.3 is 6.03 Å². The van der Waals surface area contributed by atoms with E-state index in [1.54, 1.807) is 24.3 Å². The van der Waals surface area contributed by atoms with Crippen molar-refractivity contribution in [1.29, 1.82) is 0 Å². The van der Waals surface area contributed by atoms with Crippen LogP contribution in [0, 0.1) is 0 Å². The number of hydrogen-bond acceptors (Lipinski definition) is 4. The summed E-state index contributed by atoms with van der Waals surface area (Å²) in [5.41, 5.74) is 4.81. The Balaban J connectivity index is 1.73. The van der Waals surface area contributed by atoms with Crippen molar-refractivity contribution < 1.29 is 9.59 Å². The molecule has 0 aromatic heterocycles. The van der Waals surface area contributed by atoms with E-state index < -0.39 is 11.9 Å². The van der Waals surface area contributed by atoms with Crippen LogP contribution in [0.3, 0.4) is 0 Å². The highest BCUT2D eigenvalue weighted by Gasteiger charge is 2.05. The number of urea groups is 1. The first-order valence-corrected chi connectivity index (χ1v) is 8.21. The Labute approximate surface area is 157 Å². The number of nitrogens with zero attached hydrogens (tertiary/aromatic N) is 2. The van der Waals surface area contributed by atoms with E-state index in [-0.39, 0.29) is 6.54 Å². The third-order valence-electron chi connectivity index (χ3n) is 3.30. The second-order valence-electron chi connectivity index (χ2n) is 5.60. The Hall–Kier alpha value is -3.06. The predicted octanol–water partition coefficient (Wildman–Crippen LogP) is 2.68. The Morgan fingerprint density at radius 3 is 2.54 bits per heavy atom. The van der Waals surface area contributed by atoms with Crippen LogP contribution in [0.15, 0.2) is 53.6 Å². The molecule has 0 saturated carbocycles. The van der Waals surface area contributed by atoms with Crippen molar-refractivity contribution in [3.63, 3.8) is 0 Å². The maximum atomic E-state index is 11.7. The fraction of sp³-hybridized carbons (Fsp3) is 0.167. The topological polar surface area (TPSA) is 85.8 Å². The molecule has 8 heteroatoms. The van der Waals surface area contributed by atoms with E-state index in [0.29, 0.717) is 10.7 Å². The highest BCUT2D eigenvalue weighted by atomic mass is 35.5. The zero-order valence-corrected chi connectivity index (χ0v) is 15.2. The van der Waals surface area contributed by atoms with Crippen molar-refractivity contribution in [3.05, 3.63) is 59.1 Å². The molecule has 2 rings (SSSR count). The van der Waals surface area contributed by atoms with Crippen LogP contribution in [0.25, 0.3) is 0 Å². The normalized spacial score (nSPS) is 10.4. The van der Waals surface area contributed by atoms with Gasteiger partial charge in [0.25, 0.3) is 5.91 Å². The van der Waals surface area contributed by atoms with E-state index in [1.807, 2.05) is 43.3 Å². The number of nitrogens with one attached hydrogen (secondary N) is 3. The first kappa shape index (κ1) is 19.3. The van der Waals surface area contributed by atoms with E-state index in [4.69, 9.17) is 11.6 Å². The molecule has 0 aliphatic rings. The van der Waals surface area contributed by atoms with E-state index in [2.05, 4.69) is 21.2 Å². The Bertz CT molecular complexity index is 790. The molecular formula is C18H20ClN5O2. The highest BCUT2D eigenvalue weighted by molar-refractivity contribution is 6.30. The predicted molar refractivity (Wildman–Crippen MR) is 105 cm³/mol. The minimum absolute atomic E-state index is 0.205. The van der Waals surface area contributed by atoms with Gasteiger partial charge in [0.1, 0.15) is 6.54 Å². The van der Waals surface area contributed by atoms with Crippen molar-refractivity contribution in [1.82, 2.24) is 10.7 Å². The fourth-order valence-electron chi connectivity index (χ4n) is 1.98. The lowest BCUT2D eigenvalue weighted by Crippen LogP contribution is -2.37. The van der Waals surface area contributed by atoms with Gasteiger partial charge in [-0.25, -0.2) is 10.2 Å². The van der Waals surface area contributed by atoms with Gasteiger partial charge in [-0.15, -0.1) is 0 Å². The lowest BCUT2D eigenvalue weighted by molar-refractivity contribution is -0.120. The average Bonchev–Trinajstić information content (AvgIpc) is 2.60.